The number of ether oxygens (including phenoxy) is 4. The topological polar surface area (TPSA) is 54.0 Å². The van der Waals surface area contributed by atoms with Crippen LogP contribution in [0.5, 0.6) is 0 Å². The lowest BCUT2D eigenvalue weighted by molar-refractivity contribution is -0.213. The molecule has 0 N–H and O–H groups in total. The van der Waals surface area contributed by atoms with Crippen molar-refractivity contribution < 1.29 is 23.7 Å². The third-order valence-corrected chi connectivity index (χ3v) is 7.57. The van der Waals surface area contributed by atoms with Crippen LogP contribution >= 0.6 is 15.9 Å². The van der Waals surface area contributed by atoms with Crippen LogP contribution in [0.3, 0.4) is 0 Å². The zero-order valence-electron chi connectivity index (χ0n) is 15.4. The molecule has 0 amide bonds. The van der Waals surface area contributed by atoms with Crippen LogP contribution in [-0.2, 0) is 23.7 Å². The van der Waals surface area contributed by atoms with E-state index in [-0.39, 0.29) is 17.4 Å². The summed E-state index contributed by atoms with van der Waals surface area (Å²) in [6.45, 7) is 3.04. The number of Topliss-reactive ketones (excluding diaryl/α,β-unsaturated/α-hetero) is 1. The van der Waals surface area contributed by atoms with Gasteiger partial charge in [-0.1, -0.05) is 15.9 Å². The van der Waals surface area contributed by atoms with Crippen LogP contribution in [0.15, 0.2) is 0 Å². The highest BCUT2D eigenvalue weighted by Gasteiger charge is 2.54. The predicted molar refractivity (Wildman–Crippen MR) is 100 cm³/mol. The Hall–Kier alpha value is -0.0100. The molecule has 3 saturated carbocycles. The first-order chi connectivity index (χ1) is 12.7. The number of alkyl halides is 1. The molecule has 5 nitrogen and oxygen atoms in total. The zero-order valence-corrected chi connectivity index (χ0v) is 17.0. The highest BCUT2D eigenvalue weighted by atomic mass is 79.9. The van der Waals surface area contributed by atoms with Gasteiger partial charge in [-0.05, 0) is 68.6 Å². The van der Waals surface area contributed by atoms with Gasteiger partial charge in [0.2, 0.25) is 0 Å². The molecule has 2 bridgehead atoms. The smallest absolute Gasteiger partial charge is 0.157 e. The van der Waals surface area contributed by atoms with Gasteiger partial charge in [-0.2, -0.15) is 0 Å². The molecule has 0 spiro atoms. The van der Waals surface area contributed by atoms with Crippen LogP contribution in [0, 0.1) is 23.7 Å². The fourth-order valence-electron chi connectivity index (χ4n) is 5.12. The van der Waals surface area contributed by atoms with Crippen molar-refractivity contribution in [1.82, 2.24) is 0 Å². The quantitative estimate of drug-likeness (QED) is 0.601. The van der Waals surface area contributed by atoms with E-state index in [1.165, 1.54) is 12.8 Å². The Kier molecular flexibility index (Phi) is 6.68. The first-order valence-corrected chi connectivity index (χ1v) is 11.3. The molecule has 5 aliphatic rings. The summed E-state index contributed by atoms with van der Waals surface area (Å²) in [7, 11) is 0. The Balaban J connectivity index is 1.32. The third kappa shape index (κ3) is 4.35. The molecule has 5 unspecified atom stereocenters. The summed E-state index contributed by atoms with van der Waals surface area (Å²) in [5, 5.41) is 0. The molecule has 0 aromatic carbocycles. The summed E-state index contributed by atoms with van der Waals surface area (Å²) >= 11 is 3.60. The van der Waals surface area contributed by atoms with Gasteiger partial charge in [0.25, 0.3) is 0 Å². The molecule has 3 aliphatic carbocycles. The highest BCUT2D eigenvalue weighted by Crippen LogP contribution is 2.54. The summed E-state index contributed by atoms with van der Waals surface area (Å²) < 4.78 is 23.6. The van der Waals surface area contributed by atoms with Gasteiger partial charge < -0.3 is 18.9 Å². The van der Waals surface area contributed by atoms with Crippen molar-refractivity contribution in [1.29, 1.82) is 0 Å². The maximum Gasteiger partial charge on any atom is 0.157 e. The molecular formula is C20H31BrO5. The number of rotatable bonds is 6. The monoisotopic (exact) mass is 430 g/mol. The van der Waals surface area contributed by atoms with Gasteiger partial charge in [-0.25, -0.2) is 0 Å². The minimum atomic E-state index is -0.0489. The molecule has 0 aromatic heterocycles. The van der Waals surface area contributed by atoms with Crippen molar-refractivity contribution >= 4 is 21.7 Å². The molecule has 26 heavy (non-hydrogen) atoms. The molecular weight excluding hydrogens is 400 g/mol. The lowest BCUT2D eigenvalue weighted by Crippen LogP contribution is -2.51. The molecule has 5 rings (SSSR count). The normalized spacial score (nSPS) is 43.6. The number of carbonyl (C=O) groups is 1. The second kappa shape index (κ2) is 8.99. The molecule has 6 heteroatoms. The van der Waals surface area contributed by atoms with Gasteiger partial charge in [0.1, 0.15) is 5.78 Å². The van der Waals surface area contributed by atoms with Crippen LogP contribution in [0.2, 0.25) is 0 Å². The molecule has 7 atom stereocenters. The maximum absolute atomic E-state index is 12.4. The number of hydrogen-bond donors (Lipinski definition) is 0. The highest BCUT2D eigenvalue weighted by molar-refractivity contribution is 9.10. The molecule has 0 aromatic rings. The van der Waals surface area contributed by atoms with Crippen molar-refractivity contribution in [2.75, 3.05) is 26.4 Å². The van der Waals surface area contributed by atoms with Gasteiger partial charge >= 0.3 is 0 Å². The fraction of sp³-hybridized carbons (Fsp3) is 0.950. The van der Waals surface area contributed by atoms with E-state index < -0.39 is 0 Å². The van der Waals surface area contributed by atoms with E-state index in [0.29, 0.717) is 49.1 Å². The van der Waals surface area contributed by atoms with Crippen molar-refractivity contribution in [3.63, 3.8) is 0 Å². The van der Waals surface area contributed by atoms with E-state index in [9.17, 15) is 4.79 Å². The van der Waals surface area contributed by atoms with Gasteiger partial charge in [0, 0.05) is 19.6 Å². The van der Waals surface area contributed by atoms with E-state index >= 15 is 0 Å². The summed E-state index contributed by atoms with van der Waals surface area (Å²) in [4.78, 5) is 12.4. The summed E-state index contributed by atoms with van der Waals surface area (Å²) in [6, 6.07) is 0. The predicted octanol–water partition coefficient (Wildman–Crippen LogP) is 3.68. The van der Waals surface area contributed by atoms with Crippen LogP contribution in [0.1, 0.15) is 51.4 Å². The largest absolute Gasteiger partial charge is 0.353 e. The number of halogens is 1. The molecule has 148 valence electrons. The SMILES string of the molecule is O=C1CC2[C@@H](COC3CCCCO3)C(CC1Br)[C@H]2COC1CCCCO1. The molecule has 0 radical (unpaired) electrons. The third-order valence-electron chi connectivity index (χ3n) is 6.69. The van der Waals surface area contributed by atoms with Gasteiger partial charge in [0.05, 0.1) is 18.0 Å². The number of fused-ring (bicyclic) bond motifs is 3. The maximum atomic E-state index is 12.4. The Morgan fingerprint density at radius 1 is 0.885 bits per heavy atom. The van der Waals surface area contributed by atoms with Crippen molar-refractivity contribution in [3.8, 4) is 0 Å². The second-order valence-corrected chi connectivity index (χ2v) is 9.39. The number of carbonyl (C=O) groups excluding carboxylic acids is 1. The molecule has 2 aliphatic heterocycles. The fourth-order valence-corrected chi connectivity index (χ4v) is 5.74. The lowest BCUT2D eigenvalue weighted by Gasteiger charge is -2.51. The van der Waals surface area contributed by atoms with E-state index in [1.54, 1.807) is 0 Å². The Labute approximate surface area is 164 Å². The van der Waals surface area contributed by atoms with E-state index in [2.05, 4.69) is 15.9 Å². The minimum Gasteiger partial charge on any atom is -0.353 e. The van der Waals surface area contributed by atoms with Crippen LogP contribution in [0.4, 0.5) is 0 Å². The Bertz CT molecular complexity index is 445. The summed E-state index contributed by atoms with van der Waals surface area (Å²) in [6.07, 6.45) is 8.07. The van der Waals surface area contributed by atoms with Gasteiger partial charge in [-0.15, -0.1) is 0 Å². The van der Waals surface area contributed by atoms with Crippen LogP contribution < -0.4 is 0 Å². The summed E-state index contributed by atoms with van der Waals surface area (Å²) in [5.74, 6) is 2.11. The average molecular weight is 431 g/mol. The van der Waals surface area contributed by atoms with Gasteiger partial charge in [0.15, 0.2) is 12.6 Å². The number of hydrogen-bond acceptors (Lipinski definition) is 5. The first kappa shape index (κ1) is 19.3. The van der Waals surface area contributed by atoms with Crippen molar-refractivity contribution in [2.24, 2.45) is 23.7 Å². The van der Waals surface area contributed by atoms with Crippen LogP contribution in [-0.4, -0.2) is 49.6 Å². The zero-order chi connectivity index (χ0) is 17.9. The van der Waals surface area contributed by atoms with E-state index in [1.807, 2.05) is 0 Å². The van der Waals surface area contributed by atoms with E-state index in [4.69, 9.17) is 18.9 Å². The van der Waals surface area contributed by atoms with E-state index in [0.717, 1.165) is 45.3 Å². The standard InChI is InChI=1S/C20H31BrO5/c21-17-9-13-15(11-25-19-5-1-3-7-23-19)14(10-18(17)22)16(13)12-26-20-6-2-4-8-24-20/h13-17,19-20H,1-12H2/t13?,14?,15-,16+,17?,19?,20?. The van der Waals surface area contributed by atoms with Crippen molar-refractivity contribution in [3.05, 3.63) is 0 Å². The number of ketones is 1. The lowest BCUT2D eigenvalue weighted by atomic mass is 9.56. The average Bonchev–Trinajstić information content (AvgIpc) is 2.88. The Morgan fingerprint density at radius 3 is 1.96 bits per heavy atom. The molecule has 2 saturated heterocycles. The summed E-state index contributed by atoms with van der Waals surface area (Å²) in [5.41, 5.74) is 0. The van der Waals surface area contributed by atoms with Crippen molar-refractivity contribution in [2.45, 2.75) is 68.8 Å². The Morgan fingerprint density at radius 2 is 1.46 bits per heavy atom. The molecule has 5 fully saturated rings. The van der Waals surface area contributed by atoms with Crippen LogP contribution in [0.25, 0.3) is 0 Å². The molecule has 2 heterocycles. The van der Waals surface area contributed by atoms with Gasteiger partial charge in [-0.3, -0.25) is 4.79 Å². The second-order valence-electron chi connectivity index (χ2n) is 8.29. The minimum absolute atomic E-state index is 0.0122. The first-order valence-electron chi connectivity index (χ1n) is 10.4.